The van der Waals surface area contributed by atoms with Crippen LogP contribution in [0.3, 0.4) is 0 Å². The monoisotopic (exact) mass is 447 g/mol. The number of nitrogens with zero attached hydrogens (tertiary/aromatic N) is 1. The highest BCUT2D eigenvalue weighted by Crippen LogP contribution is 2.23. The van der Waals surface area contributed by atoms with E-state index in [9.17, 15) is 9.59 Å². The maximum Gasteiger partial charge on any atom is 0.249 e. The van der Waals surface area contributed by atoms with Gasteiger partial charge < -0.3 is 15.2 Å². The number of amides is 2. The van der Waals surface area contributed by atoms with Crippen molar-refractivity contribution < 1.29 is 9.59 Å². The summed E-state index contributed by atoms with van der Waals surface area (Å²) in [6.45, 7) is 7.44. The Bertz CT molecular complexity index is 1160. The molecule has 0 spiro atoms. The normalized spacial score (nSPS) is 12.2. The molecule has 1 aromatic heterocycles. The van der Waals surface area contributed by atoms with Gasteiger partial charge in [-0.25, -0.2) is 0 Å². The van der Waals surface area contributed by atoms with Gasteiger partial charge in [0.25, 0.3) is 0 Å². The van der Waals surface area contributed by atoms with E-state index in [0.29, 0.717) is 17.1 Å². The van der Waals surface area contributed by atoms with Crippen LogP contribution < -0.4 is 5.32 Å². The number of halogens is 1. The van der Waals surface area contributed by atoms with Gasteiger partial charge in [-0.2, -0.15) is 0 Å². The zero-order valence-electron chi connectivity index (χ0n) is 18.0. The third kappa shape index (κ3) is 5.56. The summed E-state index contributed by atoms with van der Waals surface area (Å²) in [5.41, 5.74) is 3.27. The number of nitrogens with one attached hydrogen (secondary N) is 2. The minimum atomic E-state index is -0.739. The molecule has 2 N–H and O–H groups in total. The summed E-state index contributed by atoms with van der Waals surface area (Å²) in [5, 5.41) is 4.41. The molecule has 0 bridgehead atoms. The molecule has 164 valence electrons. The Morgan fingerprint density at radius 2 is 1.94 bits per heavy atom. The Morgan fingerprint density at radius 1 is 1.19 bits per heavy atom. The molecular weight excluding hydrogens is 422 g/mol. The number of allylic oxidation sites excluding steroid dienone is 3. The van der Waals surface area contributed by atoms with Crippen LogP contribution in [0.15, 0.2) is 91.8 Å². The van der Waals surface area contributed by atoms with Crippen molar-refractivity contribution in [1.82, 2.24) is 15.2 Å². The fourth-order valence-corrected chi connectivity index (χ4v) is 3.74. The van der Waals surface area contributed by atoms with Crippen molar-refractivity contribution in [3.8, 4) is 0 Å². The van der Waals surface area contributed by atoms with Crippen LogP contribution in [0.4, 0.5) is 0 Å². The number of benzene rings is 2. The molecule has 1 atom stereocenters. The molecule has 0 aliphatic carbocycles. The second-order valence-electron chi connectivity index (χ2n) is 7.42. The highest BCUT2D eigenvalue weighted by Gasteiger charge is 2.26. The van der Waals surface area contributed by atoms with Gasteiger partial charge >= 0.3 is 0 Å². The maximum absolute atomic E-state index is 13.3. The third-order valence-corrected chi connectivity index (χ3v) is 5.45. The van der Waals surface area contributed by atoms with E-state index < -0.39 is 6.04 Å². The van der Waals surface area contributed by atoms with E-state index in [1.54, 1.807) is 37.5 Å². The molecule has 1 heterocycles. The number of H-pyrrole nitrogens is 1. The smallest absolute Gasteiger partial charge is 0.249 e. The van der Waals surface area contributed by atoms with Crippen molar-refractivity contribution in [1.29, 1.82) is 0 Å². The first-order valence-electron chi connectivity index (χ1n) is 10.2. The van der Waals surface area contributed by atoms with Gasteiger partial charge in [-0.05, 0) is 41.5 Å². The molecule has 0 radical (unpaired) electrons. The molecule has 0 fully saturated rings. The molecule has 32 heavy (non-hydrogen) atoms. The first kappa shape index (κ1) is 23.1. The highest BCUT2D eigenvalue weighted by atomic mass is 35.5. The zero-order chi connectivity index (χ0) is 23.1. The number of fused-ring (bicyclic) bond motifs is 1. The van der Waals surface area contributed by atoms with Crippen LogP contribution in [-0.2, 0) is 22.4 Å². The predicted octanol–water partition coefficient (Wildman–Crippen LogP) is 4.81. The fraction of sp³-hybridized carbons (Fsp3) is 0.154. The summed E-state index contributed by atoms with van der Waals surface area (Å²) in [5.74, 6) is -0.487. The predicted molar refractivity (Wildman–Crippen MR) is 130 cm³/mol. The average molecular weight is 448 g/mol. The molecular formula is C26H26ClN3O2. The second-order valence-corrected chi connectivity index (χ2v) is 7.86. The lowest BCUT2D eigenvalue weighted by molar-refractivity contribution is -0.133. The molecule has 0 aliphatic heterocycles. The Labute approximate surface area is 193 Å². The number of hydrogen-bond donors (Lipinski definition) is 2. The van der Waals surface area contributed by atoms with Gasteiger partial charge in [-0.15, -0.1) is 0 Å². The van der Waals surface area contributed by atoms with E-state index in [4.69, 9.17) is 11.6 Å². The summed E-state index contributed by atoms with van der Waals surface area (Å²) in [7, 11) is 1.66. The summed E-state index contributed by atoms with van der Waals surface area (Å²) in [6, 6.07) is 14.3. The van der Waals surface area contributed by atoms with Gasteiger partial charge in [0.2, 0.25) is 11.8 Å². The molecule has 6 heteroatoms. The molecule has 1 unspecified atom stereocenters. The zero-order valence-corrected chi connectivity index (χ0v) is 18.7. The number of likely N-dealkylation sites (N-methyl/N-ethyl adjacent to an activating group) is 1. The first-order chi connectivity index (χ1) is 15.4. The van der Waals surface area contributed by atoms with Crippen LogP contribution in [0, 0.1) is 0 Å². The second kappa shape index (κ2) is 10.6. The van der Waals surface area contributed by atoms with Gasteiger partial charge in [0, 0.05) is 41.3 Å². The molecule has 2 aromatic carbocycles. The van der Waals surface area contributed by atoms with E-state index in [-0.39, 0.29) is 18.2 Å². The van der Waals surface area contributed by atoms with Crippen molar-refractivity contribution in [3.05, 3.63) is 108 Å². The van der Waals surface area contributed by atoms with Crippen LogP contribution in [0.1, 0.15) is 11.1 Å². The maximum atomic E-state index is 13.3. The molecule has 0 aliphatic rings. The van der Waals surface area contributed by atoms with E-state index in [1.165, 1.54) is 4.90 Å². The number of aromatic nitrogens is 1. The molecule has 2 amide bonds. The first-order valence-corrected chi connectivity index (χ1v) is 10.6. The van der Waals surface area contributed by atoms with Crippen molar-refractivity contribution in [2.24, 2.45) is 0 Å². The lowest BCUT2D eigenvalue weighted by atomic mass is 10.0. The fourth-order valence-electron chi connectivity index (χ4n) is 3.56. The molecule has 3 aromatic rings. The SMILES string of the molecule is C=C/C=C(\C=C)N(C)C(=O)C(Cc1ccccc1)NC(=O)Cc1c[nH]c2ccc(Cl)cc12. The number of carbonyl (C=O) groups is 2. The quantitative estimate of drug-likeness (QED) is 0.462. The molecule has 3 rings (SSSR count). The van der Waals surface area contributed by atoms with Crippen molar-refractivity contribution in [3.63, 3.8) is 0 Å². The summed E-state index contributed by atoms with van der Waals surface area (Å²) >= 11 is 6.12. The average Bonchev–Trinajstić information content (AvgIpc) is 3.18. The van der Waals surface area contributed by atoms with Crippen LogP contribution in [0.2, 0.25) is 5.02 Å². The van der Waals surface area contributed by atoms with Gasteiger partial charge in [0.15, 0.2) is 0 Å². The van der Waals surface area contributed by atoms with Gasteiger partial charge in [0.05, 0.1) is 6.42 Å². The van der Waals surface area contributed by atoms with Crippen LogP contribution >= 0.6 is 11.6 Å². The Balaban J connectivity index is 1.82. The van der Waals surface area contributed by atoms with E-state index in [0.717, 1.165) is 22.0 Å². The number of rotatable bonds is 9. The standard InChI is InChI=1S/C26H26ClN3O2/c1-4-9-21(5-2)30(3)26(32)24(14-18-10-7-6-8-11-18)29-25(31)15-19-17-28-23-13-12-20(27)16-22(19)23/h4-13,16-17,24,28H,1-2,14-15H2,3H3,(H,29,31)/b21-9+. The Morgan fingerprint density at radius 3 is 2.62 bits per heavy atom. The molecule has 0 saturated carbocycles. The summed E-state index contributed by atoms with van der Waals surface area (Å²) < 4.78 is 0. The van der Waals surface area contributed by atoms with Crippen LogP contribution in [0.25, 0.3) is 10.9 Å². The Hall–Kier alpha value is -3.57. The number of aromatic amines is 1. The van der Waals surface area contributed by atoms with Crippen molar-refractivity contribution >= 4 is 34.3 Å². The lowest BCUT2D eigenvalue weighted by Crippen LogP contribution is -2.48. The van der Waals surface area contributed by atoms with Gasteiger partial charge in [0.1, 0.15) is 6.04 Å². The van der Waals surface area contributed by atoms with Crippen molar-refractivity contribution in [2.75, 3.05) is 7.05 Å². The number of carbonyl (C=O) groups excluding carboxylic acids is 2. The summed E-state index contributed by atoms with van der Waals surface area (Å²) in [6.07, 6.45) is 7.16. The Kier molecular flexibility index (Phi) is 7.68. The van der Waals surface area contributed by atoms with E-state index in [2.05, 4.69) is 23.5 Å². The van der Waals surface area contributed by atoms with E-state index in [1.807, 2.05) is 42.5 Å². The minimum absolute atomic E-state index is 0.124. The minimum Gasteiger partial charge on any atom is -0.361 e. The summed E-state index contributed by atoms with van der Waals surface area (Å²) in [4.78, 5) is 30.9. The lowest BCUT2D eigenvalue weighted by Gasteiger charge is -2.25. The highest BCUT2D eigenvalue weighted by molar-refractivity contribution is 6.31. The van der Waals surface area contributed by atoms with Gasteiger partial charge in [-0.1, -0.05) is 61.2 Å². The van der Waals surface area contributed by atoms with Crippen LogP contribution in [-0.4, -0.2) is 34.8 Å². The molecule has 5 nitrogen and oxygen atoms in total. The van der Waals surface area contributed by atoms with Gasteiger partial charge in [-0.3, -0.25) is 9.59 Å². The van der Waals surface area contributed by atoms with E-state index >= 15 is 0 Å². The van der Waals surface area contributed by atoms with Crippen LogP contribution in [0.5, 0.6) is 0 Å². The molecule has 0 saturated heterocycles. The van der Waals surface area contributed by atoms with Crippen molar-refractivity contribution in [2.45, 2.75) is 18.9 Å². The third-order valence-electron chi connectivity index (χ3n) is 5.21. The topological polar surface area (TPSA) is 65.2 Å². The number of hydrogen-bond acceptors (Lipinski definition) is 2. The largest absolute Gasteiger partial charge is 0.361 e.